The molecule has 8 nitrogen and oxygen atoms in total. The molecule has 0 spiro atoms. The molecule has 0 aromatic heterocycles. The van der Waals surface area contributed by atoms with Crippen LogP contribution in [-0.2, 0) is 9.78 Å². The summed E-state index contributed by atoms with van der Waals surface area (Å²) < 4.78 is 0. The smallest absolute Gasteiger partial charge is 0.295 e. The van der Waals surface area contributed by atoms with Crippen molar-refractivity contribution in [2.75, 3.05) is 0 Å². The summed E-state index contributed by atoms with van der Waals surface area (Å²) >= 11 is 0. The van der Waals surface area contributed by atoms with Crippen LogP contribution in [0.1, 0.15) is 52.6 Å². The second-order valence-corrected chi connectivity index (χ2v) is 6.06. The first-order valence-electron chi connectivity index (χ1n) is 8.57. The van der Waals surface area contributed by atoms with E-state index in [0.29, 0.717) is 0 Å². The highest BCUT2D eigenvalue weighted by Crippen LogP contribution is 2.26. The summed E-state index contributed by atoms with van der Waals surface area (Å²) in [6.07, 6.45) is 0. The van der Waals surface area contributed by atoms with Crippen molar-refractivity contribution in [2.24, 2.45) is 0 Å². The lowest BCUT2D eigenvalue weighted by Crippen LogP contribution is -2.22. The predicted octanol–water partition coefficient (Wildman–Crippen LogP) is 3.41. The lowest BCUT2D eigenvalue weighted by Gasteiger charge is -2.14. The van der Waals surface area contributed by atoms with Crippen LogP contribution < -0.4 is 0 Å². The topological polar surface area (TPSA) is 127 Å². The fourth-order valence-corrected chi connectivity index (χ4v) is 2.98. The Kier molecular flexibility index (Phi) is 6.11. The van der Waals surface area contributed by atoms with E-state index in [1.54, 1.807) is 36.4 Å². The molecule has 0 atom stereocenters. The van der Waals surface area contributed by atoms with Gasteiger partial charge in [-0.1, -0.05) is 60.7 Å². The predicted molar refractivity (Wildman–Crippen MR) is 102 cm³/mol. The zero-order chi connectivity index (χ0) is 21.7. The van der Waals surface area contributed by atoms with E-state index in [4.69, 9.17) is 10.5 Å². The summed E-state index contributed by atoms with van der Waals surface area (Å²) in [5.74, 6) is -4.23. The average Bonchev–Trinajstić information content (AvgIpc) is 2.82. The number of rotatable bonds is 6. The fraction of sp³-hybridized carbons (Fsp3) is 0. The van der Waals surface area contributed by atoms with E-state index in [1.807, 2.05) is 0 Å². The van der Waals surface area contributed by atoms with E-state index in [-0.39, 0.29) is 16.7 Å². The van der Waals surface area contributed by atoms with Crippen LogP contribution in [0.5, 0.6) is 0 Å². The highest BCUT2D eigenvalue weighted by molar-refractivity contribution is 6.24. The zero-order valence-corrected chi connectivity index (χ0v) is 15.3. The first kappa shape index (κ1) is 20.6. The molecular formula is C22H14O8. The molecule has 0 bridgehead atoms. The lowest BCUT2D eigenvalue weighted by molar-refractivity contribution is -0.185. The van der Waals surface area contributed by atoms with Gasteiger partial charge in [0.15, 0.2) is 11.6 Å². The molecule has 30 heavy (non-hydrogen) atoms. The van der Waals surface area contributed by atoms with Crippen LogP contribution in [0.15, 0.2) is 72.8 Å². The number of ketones is 2. The highest BCUT2D eigenvalue weighted by Gasteiger charge is 2.32. The maximum absolute atomic E-state index is 13.3. The summed E-state index contributed by atoms with van der Waals surface area (Å²) in [4.78, 5) is 58.0. The fourth-order valence-electron chi connectivity index (χ4n) is 2.98. The third-order valence-electron chi connectivity index (χ3n) is 4.34. The van der Waals surface area contributed by atoms with Crippen molar-refractivity contribution < 1.29 is 39.5 Å². The highest BCUT2D eigenvalue weighted by atomic mass is 17.1. The van der Waals surface area contributed by atoms with Gasteiger partial charge in [0.1, 0.15) is 0 Å². The molecule has 0 amide bonds. The molecule has 0 unspecified atom stereocenters. The van der Waals surface area contributed by atoms with Gasteiger partial charge >= 0.3 is 11.9 Å². The SMILES string of the molecule is O=C(OO)c1ccc(C(=O)c2ccccc2)c(C(=O)c2ccccc2)c1C(=O)OO. The van der Waals surface area contributed by atoms with E-state index in [0.717, 1.165) is 12.1 Å². The van der Waals surface area contributed by atoms with Crippen LogP contribution in [0, 0.1) is 0 Å². The molecule has 0 heterocycles. The van der Waals surface area contributed by atoms with Gasteiger partial charge in [-0.15, -0.1) is 0 Å². The molecular weight excluding hydrogens is 392 g/mol. The first-order chi connectivity index (χ1) is 14.5. The number of carbonyl (C=O) groups excluding carboxylic acids is 4. The Morgan fingerprint density at radius 3 is 1.50 bits per heavy atom. The van der Waals surface area contributed by atoms with Crippen molar-refractivity contribution in [1.82, 2.24) is 0 Å². The maximum Gasteiger partial charge on any atom is 0.374 e. The monoisotopic (exact) mass is 406 g/mol. The molecule has 3 aromatic rings. The van der Waals surface area contributed by atoms with Crippen LogP contribution in [0.2, 0.25) is 0 Å². The van der Waals surface area contributed by atoms with Crippen molar-refractivity contribution >= 4 is 23.5 Å². The molecule has 2 N–H and O–H groups in total. The Hall–Kier alpha value is -4.14. The van der Waals surface area contributed by atoms with Crippen molar-refractivity contribution in [3.05, 3.63) is 106 Å². The van der Waals surface area contributed by atoms with Crippen molar-refractivity contribution in [3.63, 3.8) is 0 Å². The average molecular weight is 406 g/mol. The number of carbonyl (C=O) groups is 4. The van der Waals surface area contributed by atoms with Gasteiger partial charge in [0.2, 0.25) is 0 Å². The summed E-state index contributed by atoms with van der Waals surface area (Å²) in [6, 6.07) is 17.8. The molecule has 0 saturated carbocycles. The van der Waals surface area contributed by atoms with Gasteiger partial charge in [-0.05, 0) is 12.1 Å². The Balaban J connectivity index is 2.35. The van der Waals surface area contributed by atoms with Crippen molar-refractivity contribution in [1.29, 1.82) is 0 Å². The van der Waals surface area contributed by atoms with E-state index in [2.05, 4.69) is 9.78 Å². The van der Waals surface area contributed by atoms with Gasteiger partial charge in [0.25, 0.3) is 0 Å². The van der Waals surface area contributed by atoms with E-state index in [9.17, 15) is 19.2 Å². The van der Waals surface area contributed by atoms with Crippen LogP contribution in [0.4, 0.5) is 0 Å². The summed E-state index contributed by atoms with van der Waals surface area (Å²) in [6.45, 7) is 0. The van der Waals surface area contributed by atoms with Gasteiger partial charge in [0, 0.05) is 22.3 Å². The van der Waals surface area contributed by atoms with E-state index in [1.165, 1.54) is 24.3 Å². The van der Waals surface area contributed by atoms with Crippen LogP contribution in [0.3, 0.4) is 0 Å². The van der Waals surface area contributed by atoms with Crippen LogP contribution in [-0.4, -0.2) is 34.0 Å². The summed E-state index contributed by atoms with van der Waals surface area (Å²) in [7, 11) is 0. The second-order valence-electron chi connectivity index (χ2n) is 6.06. The number of hydrogen-bond acceptors (Lipinski definition) is 8. The van der Waals surface area contributed by atoms with Crippen LogP contribution >= 0.6 is 0 Å². The number of benzene rings is 3. The summed E-state index contributed by atoms with van der Waals surface area (Å²) in [5, 5.41) is 17.7. The normalized spacial score (nSPS) is 10.2. The first-order valence-corrected chi connectivity index (χ1v) is 8.57. The molecule has 0 saturated heterocycles. The van der Waals surface area contributed by atoms with Gasteiger partial charge in [-0.25, -0.2) is 9.59 Å². The van der Waals surface area contributed by atoms with Crippen LogP contribution in [0.25, 0.3) is 0 Å². The Morgan fingerprint density at radius 2 is 1.00 bits per heavy atom. The third kappa shape index (κ3) is 3.86. The molecule has 3 rings (SSSR count). The minimum Gasteiger partial charge on any atom is -0.295 e. The summed E-state index contributed by atoms with van der Waals surface area (Å²) in [5.41, 5.74) is -1.63. The van der Waals surface area contributed by atoms with Gasteiger partial charge in [0.05, 0.1) is 11.1 Å². The lowest BCUT2D eigenvalue weighted by atomic mass is 9.87. The molecule has 8 heteroatoms. The van der Waals surface area contributed by atoms with E-state index >= 15 is 0 Å². The Morgan fingerprint density at radius 1 is 0.533 bits per heavy atom. The maximum atomic E-state index is 13.3. The molecule has 150 valence electrons. The molecule has 0 aliphatic carbocycles. The van der Waals surface area contributed by atoms with Crippen molar-refractivity contribution in [2.45, 2.75) is 0 Å². The molecule has 0 fully saturated rings. The van der Waals surface area contributed by atoms with Gasteiger partial charge in [-0.3, -0.25) is 19.4 Å². The standard InChI is InChI=1S/C22H14O8/c23-19(13-7-3-1-4-8-13)15-11-12-16(21(25)29-27)18(22(26)30-28)17(15)20(24)14-9-5-2-6-10-14/h1-12,27-28H. The quantitative estimate of drug-likeness (QED) is 0.362. The molecule has 3 aromatic carbocycles. The number of hydrogen-bond donors (Lipinski definition) is 2. The largest absolute Gasteiger partial charge is 0.374 e. The van der Waals surface area contributed by atoms with Gasteiger partial charge < -0.3 is 0 Å². The third-order valence-corrected chi connectivity index (χ3v) is 4.34. The molecule has 0 aliphatic rings. The minimum absolute atomic E-state index is 0.112. The van der Waals surface area contributed by atoms with Gasteiger partial charge in [-0.2, -0.15) is 10.5 Å². The van der Waals surface area contributed by atoms with E-state index < -0.39 is 40.2 Å². The molecule has 0 aliphatic heterocycles. The minimum atomic E-state index is -1.47. The zero-order valence-electron chi connectivity index (χ0n) is 15.3. The van der Waals surface area contributed by atoms with Crippen molar-refractivity contribution in [3.8, 4) is 0 Å². The Labute approximate surface area is 169 Å². The molecule has 0 radical (unpaired) electrons. The Bertz CT molecular complexity index is 1120. The second kappa shape index (κ2) is 8.91.